The Morgan fingerprint density at radius 3 is 2.53 bits per heavy atom. The van der Waals surface area contributed by atoms with Crippen LogP contribution in [0.2, 0.25) is 5.02 Å². The zero-order valence-electron chi connectivity index (χ0n) is 17.1. The minimum absolute atomic E-state index is 0.0603. The molecule has 1 amide bonds. The van der Waals surface area contributed by atoms with Crippen molar-refractivity contribution in [3.05, 3.63) is 87.1 Å². The number of piperidine rings is 1. The number of carbonyl (C=O) groups is 2. The molecule has 1 N–H and O–H groups in total. The molecule has 0 bridgehead atoms. The van der Waals surface area contributed by atoms with Crippen LogP contribution in [0.3, 0.4) is 0 Å². The number of Topliss-reactive ketones (excluding diaryl/α,β-unsaturated/α-hetero) is 1. The summed E-state index contributed by atoms with van der Waals surface area (Å²) in [7, 11) is 0. The molecule has 0 radical (unpaired) electrons. The summed E-state index contributed by atoms with van der Waals surface area (Å²) in [5.74, 6) is -0.958. The number of thiol groups is 1. The quantitative estimate of drug-likeness (QED) is 0.284. The summed E-state index contributed by atoms with van der Waals surface area (Å²) in [6.45, 7) is 0.464. The lowest BCUT2D eigenvalue weighted by molar-refractivity contribution is -0.142. The summed E-state index contributed by atoms with van der Waals surface area (Å²) in [6.07, 6.45) is 0.608. The summed E-state index contributed by atoms with van der Waals surface area (Å²) in [5.41, 5.74) is 1.04. The fourth-order valence-corrected chi connectivity index (χ4v) is 5.48. The van der Waals surface area contributed by atoms with E-state index in [4.69, 9.17) is 21.4 Å². The molecule has 1 aliphatic heterocycles. The Morgan fingerprint density at radius 1 is 1.12 bits per heavy atom. The number of aliphatic hydroxyl groups excluding tert-OH is 1. The topological polar surface area (TPSA) is 66.8 Å². The average Bonchev–Trinajstić information content (AvgIpc) is 3.34. The number of aliphatic hydroxyl groups is 1. The number of nitrogens with zero attached hydrogens (tertiary/aromatic N) is 1. The number of amides is 1. The number of carbonyl (C=O) groups excluding carboxylic acids is 2. The van der Waals surface area contributed by atoms with Gasteiger partial charge in [0.2, 0.25) is 5.91 Å². The van der Waals surface area contributed by atoms with Gasteiger partial charge in [0.05, 0.1) is 6.61 Å². The molecule has 2 atom stereocenters. The first-order chi connectivity index (χ1) is 15.5. The van der Waals surface area contributed by atoms with E-state index in [1.165, 1.54) is 15.6 Å². The molecular formula is C24H22ClNO4S2. The van der Waals surface area contributed by atoms with Crippen LogP contribution in [0.25, 0.3) is 0 Å². The molecule has 5 nitrogen and oxygen atoms in total. The van der Waals surface area contributed by atoms with Gasteiger partial charge in [-0.15, -0.1) is 0 Å². The molecule has 32 heavy (non-hydrogen) atoms. The van der Waals surface area contributed by atoms with Crippen LogP contribution in [-0.4, -0.2) is 34.3 Å². The predicted molar refractivity (Wildman–Crippen MR) is 128 cm³/mol. The second-order valence-corrected chi connectivity index (χ2v) is 9.16. The molecule has 0 spiro atoms. The number of thiophene rings is 1. The van der Waals surface area contributed by atoms with E-state index in [2.05, 4.69) is 12.8 Å². The monoisotopic (exact) mass is 487 g/mol. The second-order valence-electron chi connectivity index (χ2n) is 7.57. The van der Waals surface area contributed by atoms with Crippen molar-refractivity contribution in [1.82, 2.24) is 4.31 Å². The Balaban J connectivity index is 1.74. The average molecular weight is 488 g/mol. The summed E-state index contributed by atoms with van der Waals surface area (Å²) >= 11 is 12.5. The highest BCUT2D eigenvalue weighted by Crippen LogP contribution is 2.48. The fourth-order valence-electron chi connectivity index (χ4n) is 4.09. The maximum absolute atomic E-state index is 13.5. The third kappa shape index (κ3) is 4.06. The summed E-state index contributed by atoms with van der Waals surface area (Å²) in [4.78, 5) is 27.0. The minimum atomic E-state index is -1.04. The third-order valence-electron chi connectivity index (χ3n) is 5.69. The van der Waals surface area contributed by atoms with Crippen LogP contribution in [0, 0.1) is 0 Å². The van der Waals surface area contributed by atoms with E-state index in [1.807, 2.05) is 29.0 Å². The van der Waals surface area contributed by atoms with E-state index in [9.17, 15) is 9.59 Å². The lowest BCUT2D eigenvalue weighted by atomic mass is 9.73. The van der Waals surface area contributed by atoms with Crippen LogP contribution in [0.5, 0.6) is 5.75 Å². The van der Waals surface area contributed by atoms with E-state index in [-0.39, 0.29) is 18.8 Å². The molecule has 166 valence electrons. The van der Waals surface area contributed by atoms with E-state index >= 15 is 0 Å². The number of ether oxygens (including phenoxy) is 1. The highest BCUT2D eigenvalue weighted by atomic mass is 35.5. The molecule has 3 aromatic rings. The van der Waals surface area contributed by atoms with Crippen LogP contribution in [0.4, 0.5) is 0 Å². The lowest BCUT2D eigenvalue weighted by Crippen LogP contribution is -2.54. The van der Waals surface area contributed by atoms with Crippen molar-refractivity contribution < 1.29 is 19.4 Å². The number of hydrogen-bond donors (Lipinski definition) is 2. The van der Waals surface area contributed by atoms with E-state index < -0.39 is 17.4 Å². The van der Waals surface area contributed by atoms with Crippen LogP contribution in [0.1, 0.15) is 35.4 Å². The van der Waals surface area contributed by atoms with Gasteiger partial charge in [0.1, 0.15) is 17.2 Å². The molecule has 2 heterocycles. The molecule has 4 rings (SSSR count). The summed E-state index contributed by atoms with van der Waals surface area (Å²) in [6, 6.07) is 16.1. The fraction of sp³-hybridized carbons (Fsp3) is 0.250. The van der Waals surface area contributed by atoms with Crippen molar-refractivity contribution in [3.8, 4) is 5.75 Å². The van der Waals surface area contributed by atoms with Crippen molar-refractivity contribution in [2.24, 2.45) is 0 Å². The third-order valence-corrected chi connectivity index (χ3v) is 7.25. The zero-order valence-corrected chi connectivity index (χ0v) is 19.6. The first-order valence-electron chi connectivity index (χ1n) is 10.2. The normalized spacial score (nSPS) is 21.1. The van der Waals surface area contributed by atoms with Gasteiger partial charge in [-0.05, 0) is 51.7 Å². The molecule has 2 unspecified atom stereocenters. The van der Waals surface area contributed by atoms with Gasteiger partial charge in [-0.2, -0.15) is 11.3 Å². The smallest absolute Gasteiger partial charge is 0.248 e. The maximum Gasteiger partial charge on any atom is 0.248 e. The molecule has 1 aliphatic rings. The van der Waals surface area contributed by atoms with Gasteiger partial charge in [-0.3, -0.25) is 13.9 Å². The van der Waals surface area contributed by atoms with Crippen molar-refractivity contribution in [3.63, 3.8) is 0 Å². The van der Waals surface area contributed by atoms with Gasteiger partial charge >= 0.3 is 0 Å². The van der Waals surface area contributed by atoms with Crippen molar-refractivity contribution in [1.29, 1.82) is 0 Å². The number of halogens is 1. The van der Waals surface area contributed by atoms with E-state index in [1.54, 1.807) is 36.4 Å². The molecular weight excluding hydrogens is 466 g/mol. The number of rotatable bonds is 7. The highest BCUT2D eigenvalue weighted by Gasteiger charge is 2.52. The molecule has 1 aromatic heterocycles. The Labute approximate surface area is 201 Å². The number of benzene rings is 2. The van der Waals surface area contributed by atoms with Gasteiger partial charge in [0, 0.05) is 24.5 Å². The summed E-state index contributed by atoms with van der Waals surface area (Å²) in [5, 5.41) is 13.2. The van der Waals surface area contributed by atoms with Gasteiger partial charge < -0.3 is 9.84 Å². The molecule has 1 fully saturated rings. The number of ketones is 1. The Hall–Kier alpha value is -2.32. The van der Waals surface area contributed by atoms with Gasteiger partial charge in [0.15, 0.2) is 5.78 Å². The maximum atomic E-state index is 13.5. The molecule has 0 saturated carbocycles. The zero-order chi connectivity index (χ0) is 22.7. The standard InChI is InChI=1S/C24H22ClNO4S2/c25-20-5-2-1-4-19(20)22-21(28)14-24(26(31)23(22)29,17-10-13-32-15-17)16-6-8-18(9-7-16)30-12-3-11-27/h1-2,4-10,13,15,22,27,31H,3,11-12,14H2. The first kappa shape index (κ1) is 22.9. The number of hydrogen-bond acceptors (Lipinski definition) is 6. The van der Waals surface area contributed by atoms with Gasteiger partial charge in [-0.1, -0.05) is 54.7 Å². The van der Waals surface area contributed by atoms with E-state index in [0.29, 0.717) is 29.4 Å². The van der Waals surface area contributed by atoms with Gasteiger partial charge in [0.25, 0.3) is 0 Å². The first-order valence-corrected chi connectivity index (χ1v) is 11.9. The van der Waals surface area contributed by atoms with Crippen LogP contribution in [0.15, 0.2) is 65.4 Å². The molecule has 1 saturated heterocycles. The largest absolute Gasteiger partial charge is 0.494 e. The minimum Gasteiger partial charge on any atom is -0.494 e. The Kier molecular flexibility index (Phi) is 6.90. The molecule has 8 heteroatoms. The Morgan fingerprint density at radius 2 is 1.88 bits per heavy atom. The van der Waals surface area contributed by atoms with Crippen LogP contribution in [-0.2, 0) is 15.1 Å². The predicted octanol–water partition coefficient (Wildman–Crippen LogP) is 4.84. The lowest BCUT2D eigenvalue weighted by Gasteiger charge is -2.46. The Bertz CT molecular complexity index is 1100. The van der Waals surface area contributed by atoms with Crippen molar-refractivity contribution in [2.45, 2.75) is 24.3 Å². The molecule has 0 aliphatic carbocycles. The summed E-state index contributed by atoms with van der Waals surface area (Å²) < 4.78 is 7.01. The van der Waals surface area contributed by atoms with Crippen LogP contribution < -0.4 is 4.74 Å². The van der Waals surface area contributed by atoms with Gasteiger partial charge in [-0.25, -0.2) is 0 Å². The van der Waals surface area contributed by atoms with Crippen molar-refractivity contribution in [2.75, 3.05) is 13.2 Å². The SMILES string of the molecule is O=C1CC(c2ccc(OCCCO)cc2)(c2ccsc2)N(S)C(=O)C1c1ccccc1Cl. The molecule has 2 aromatic carbocycles. The van der Waals surface area contributed by atoms with Crippen molar-refractivity contribution >= 4 is 47.4 Å². The second kappa shape index (κ2) is 9.67. The van der Waals surface area contributed by atoms with E-state index in [0.717, 1.165) is 11.1 Å². The highest BCUT2D eigenvalue weighted by molar-refractivity contribution is 7.78. The van der Waals surface area contributed by atoms with Crippen LogP contribution >= 0.6 is 35.8 Å².